The smallest absolute Gasteiger partial charge is 0.165 e. The number of nitrogens with zero attached hydrogens (tertiary/aromatic N) is 1. The van der Waals surface area contributed by atoms with Crippen molar-refractivity contribution in [1.29, 1.82) is 0 Å². The first kappa shape index (κ1) is 13.5. The van der Waals surface area contributed by atoms with Crippen LogP contribution >= 0.6 is 0 Å². The van der Waals surface area contributed by atoms with Gasteiger partial charge in [0.15, 0.2) is 11.6 Å². The summed E-state index contributed by atoms with van der Waals surface area (Å²) < 4.78 is 19.3. The lowest BCUT2D eigenvalue weighted by Crippen LogP contribution is -2.06. The van der Waals surface area contributed by atoms with Crippen LogP contribution in [0.25, 0.3) is 0 Å². The molecule has 2 aromatic rings. The summed E-state index contributed by atoms with van der Waals surface area (Å²) in [5.41, 5.74) is 8.41. The standard InChI is InChI=1S/C15H17FN2O/c1-10-5-12(8-18-7-10)9-19-15-4-3-13(11(2)17)6-14(15)16/h3-8,11H,9,17H2,1-2H3/t11-/m1/s1. The Balaban J connectivity index is 2.07. The van der Waals surface area contributed by atoms with E-state index in [1.807, 2.05) is 19.9 Å². The van der Waals surface area contributed by atoms with Crippen LogP contribution in [0.2, 0.25) is 0 Å². The van der Waals surface area contributed by atoms with Crippen molar-refractivity contribution in [3.8, 4) is 5.75 Å². The Bertz CT molecular complexity index is 570. The highest BCUT2D eigenvalue weighted by molar-refractivity contribution is 5.31. The third-order valence-electron chi connectivity index (χ3n) is 2.81. The van der Waals surface area contributed by atoms with Gasteiger partial charge < -0.3 is 10.5 Å². The van der Waals surface area contributed by atoms with Crippen molar-refractivity contribution in [2.24, 2.45) is 5.73 Å². The van der Waals surface area contributed by atoms with Crippen molar-refractivity contribution in [3.63, 3.8) is 0 Å². The number of benzene rings is 1. The highest BCUT2D eigenvalue weighted by Crippen LogP contribution is 2.22. The Morgan fingerprint density at radius 3 is 2.74 bits per heavy atom. The first-order chi connectivity index (χ1) is 9.06. The molecule has 19 heavy (non-hydrogen) atoms. The Morgan fingerprint density at radius 1 is 1.32 bits per heavy atom. The maximum Gasteiger partial charge on any atom is 0.165 e. The summed E-state index contributed by atoms with van der Waals surface area (Å²) in [6, 6.07) is 6.56. The molecule has 0 spiro atoms. The van der Waals surface area contributed by atoms with Crippen LogP contribution in [0.3, 0.4) is 0 Å². The number of rotatable bonds is 4. The molecule has 0 aliphatic carbocycles. The monoisotopic (exact) mass is 260 g/mol. The van der Waals surface area contributed by atoms with Crippen LogP contribution in [-0.4, -0.2) is 4.98 Å². The zero-order chi connectivity index (χ0) is 13.8. The van der Waals surface area contributed by atoms with E-state index < -0.39 is 5.82 Å². The number of hydrogen-bond donors (Lipinski definition) is 1. The summed E-state index contributed by atoms with van der Waals surface area (Å²) in [6.45, 7) is 4.06. The molecule has 1 aromatic heterocycles. The van der Waals surface area contributed by atoms with E-state index in [4.69, 9.17) is 10.5 Å². The quantitative estimate of drug-likeness (QED) is 0.918. The van der Waals surface area contributed by atoms with Gasteiger partial charge in [-0.25, -0.2) is 4.39 Å². The minimum atomic E-state index is -0.393. The molecule has 3 nitrogen and oxygen atoms in total. The minimum Gasteiger partial charge on any atom is -0.486 e. The molecule has 2 rings (SSSR count). The molecule has 0 aliphatic heterocycles. The normalized spacial score (nSPS) is 12.2. The van der Waals surface area contributed by atoms with E-state index in [2.05, 4.69) is 4.98 Å². The van der Waals surface area contributed by atoms with Gasteiger partial charge in [-0.05, 0) is 43.2 Å². The molecule has 100 valence electrons. The average Bonchev–Trinajstić information content (AvgIpc) is 2.37. The minimum absolute atomic E-state index is 0.190. The lowest BCUT2D eigenvalue weighted by molar-refractivity contribution is 0.289. The first-order valence-corrected chi connectivity index (χ1v) is 6.14. The van der Waals surface area contributed by atoms with Crippen LogP contribution in [0.1, 0.15) is 29.7 Å². The predicted octanol–water partition coefficient (Wildman–Crippen LogP) is 3.13. The Morgan fingerprint density at radius 2 is 2.11 bits per heavy atom. The van der Waals surface area contributed by atoms with E-state index >= 15 is 0 Å². The molecule has 0 radical (unpaired) electrons. The van der Waals surface area contributed by atoms with Gasteiger partial charge in [-0.3, -0.25) is 4.98 Å². The lowest BCUT2D eigenvalue weighted by atomic mass is 10.1. The molecule has 2 N–H and O–H groups in total. The second-order valence-corrected chi connectivity index (χ2v) is 4.64. The van der Waals surface area contributed by atoms with Crippen molar-refractivity contribution >= 4 is 0 Å². The largest absolute Gasteiger partial charge is 0.486 e. The summed E-state index contributed by atoms with van der Waals surface area (Å²) in [7, 11) is 0. The number of aromatic nitrogens is 1. The topological polar surface area (TPSA) is 48.1 Å². The highest BCUT2D eigenvalue weighted by atomic mass is 19.1. The number of ether oxygens (including phenoxy) is 1. The predicted molar refractivity (Wildman–Crippen MR) is 72.3 cm³/mol. The van der Waals surface area contributed by atoms with Crippen LogP contribution in [0, 0.1) is 12.7 Å². The van der Waals surface area contributed by atoms with E-state index in [0.717, 1.165) is 16.7 Å². The van der Waals surface area contributed by atoms with E-state index in [-0.39, 0.29) is 11.8 Å². The molecular formula is C15H17FN2O. The Kier molecular flexibility index (Phi) is 4.12. The van der Waals surface area contributed by atoms with Gasteiger partial charge in [-0.1, -0.05) is 6.07 Å². The van der Waals surface area contributed by atoms with Gasteiger partial charge in [-0.15, -0.1) is 0 Å². The maximum absolute atomic E-state index is 13.8. The Hall–Kier alpha value is -1.94. The molecule has 0 aliphatic rings. The van der Waals surface area contributed by atoms with E-state index in [1.54, 1.807) is 24.5 Å². The van der Waals surface area contributed by atoms with Gasteiger partial charge >= 0.3 is 0 Å². The molecule has 1 atom stereocenters. The van der Waals surface area contributed by atoms with Gasteiger partial charge in [0, 0.05) is 24.0 Å². The summed E-state index contributed by atoms with van der Waals surface area (Å²) in [5.74, 6) is -0.165. The Labute approximate surface area is 112 Å². The molecule has 0 saturated carbocycles. The molecule has 0 fully saturated rings. The summed E-state index contributed by atoms with van der Waals surface area (Å²) in [6.07, 6.45) is 3.47. The highest BCUT2D eigenvalue weighted by Gasteiger charge is 2.07. The van der Waals surface area contributed by atoms with Gasteiger partial charge in [-0.2, -0.15) is 0 Å². The van der Waals surface area contributed by atoms with Gasteiger partial charge in [0.1, 0.15) is 6.61 Å². The van der Waals surface area contributed by atoms with Crippen molar-refractivity contribution < 1.29 is 9.13 Å². The van der Waals surface area contributed by atoms with Crippen LogP contribution in [-0.2, 0) is 6.61 Å². The van der Waals surface area contributed by atoms with Crippen molar-refractivity contribution in [1.82, 2.24) is 4.98 Å². The maximum atomic E-state index is 13.8. The van der Waals surface area contributed by atoms with E-state index in [9.17, 15) is 4.39 Å². The second-order valence-electron chi connectivity index (χ2n) is 4.64. The van der Waals surface area contributed by atoms with Crippen LogP contribution in [0.5, 0.6) is 5.75 Å². The van der Waals surface area contributed by atoms with Gasteiger partial charge in [0.25, 0.3) is 0 Å². The van der Waals surface area contributed by atoms with E-state index in [1.165, 1.54) is 6.07 Å². The molecular weight excluding hydrogens is 243 g/mol. The van der Waals surface area contributed by atoms with Crippen LogP contribution in [0.15, 0.2) is 36.7 Å². The lowest BCUT2D eigenvalue weighted by Gasteiger charge is -2.10. The SMILES string of the molecule is Cc1cncc(COc2ccc([C@@H](C)N)cc2F)c1. The van der Waals surface area contributed by atoms with Crippen LogP contribution in [0.4, 0.5) is 4.39 Å². The van der Waals surface area contributed by atoms with E-state index in [0.29, 0.717) is 6.61 Å². The zero-order valence-corrected chi connectivity index (χ0v) is 11.1. The molecule has 1 heterocycles. The fourth-order valence-corrected chi connectivity index (χ4v) is 1.77. The van der Waals surface area contributed by atoms with Crippen molar-refractivity contribution in [2.75, 3.05) is 0 Å². The third kappa shape index (κ3) is 3.51. The van der Waals surface area contributed by atoms with Crippen molar-refractivity contribution in [3.05, 3.63) is 59.2 Å². The second kappa shape index (κ2) is 5.80. The van der Waals surface area contributed by atoms with Crippen molar-refractivity contribution in [2.45, 2.75) is 26.5 Å². The molecule has 1 aromatic carbocycles. The number of nitrogens with two attached hydrogens (primary N) is 1. The molecule has 0 unspecified atom stereocenters. The van der Waals surface area contributed by atoms with Crippen LogP contribution < -0.4 is 10.5 Å². The number of pyridine rings is 1. The first-order valence-electron chi connectivity index (χ1n) is 6.14. The molecule has 4 heteroatoms. The fourth-order valence-electron chi connectivity index (χ4n) is 1.77. The zero-order valence-electron chi connectivity index (χ0n) is 11.1. The number of aryl methyl sites for hydroxylation is 1. The summed E-state index contributed by atoms with van der Waals surface area (Å²) in [5, 5.41) is 0. The van der Waals surface area contributed by atoms with Gasteiger partial charge in [0.2, 0.25) is 0 Å². The number of halogens is 1. The average molecular weight is 260 g/mol. The fraction of sp³-hybridized carbons (Fsp3) is 0.267. The molecule has 0 amide bonds. The number of hydrogen-bond acceptors (Lipinski definition) is 3. The molecule has 0 saturated heterocycles. The summed E-state index contributed by atoms with van der Waals surface area (Å²) in [4.78, 5) is 4.07. The third-order valence-corrected chi connectivity index (χ3v) is 2.81. The summed E-state index contributed by atoms with van der Waals surface area (Å²) >= 11 is 0. The van der Waals surface area contributed by atoms with Gasteiger partial charge in [0.05, 0.1) is 0 Å². The molecule has 0 bridgehead atoms.